The van der Waals surface area contributed by atoms with E-state index in [2.05, 4.69) is 12.0 Å². The van der Waals surface area contributed by atoms with Crippen molar-refractivity contribution >= 4 is 0 Å². The molecule has 0 aliphatic rings. The lowest BCUT2D eigenvalue weighted by molar-refractivity contribution is 0.173. The van der Waals surface area contributed by atoms with Crippen molar-refractivity contribution in [3.63, 3.8) is 0 Å². The highest BCUT2D eigenvalue weighted by Crippen LogP contribution is 2.24. The Morgan fingerprint density at radius 1 is 1.21 bits per heavy atom. The molecule has 2 rings (SSSR count). The standard InChI is InChI=1S/C15H20N2O2/c1-3-9-17-11-14(10-16-17)19-13-7-5-12(6-8-13)15(18)4-2/h5-8,10-11,15,18H,3-4,9H2,1-2H3/t15-/m1/s1. The van der Waals surface area contributed by atoms with Crippen LogP contribution in [0, 0.1) is 0 Å². The number of aliphatic hydroxyl groups excluding tert-OH is 1. The number of aryl methyl sites for hydroxylation is 1. The van der Waals surface area contributed by atoms with Crippen LogP contribution in [0.1, 0.15) is 38.4 Å². The summed E-state index contributed by atoms with van der Waals surface area (Å²) in [7, 11) is 0. The van der Waals surface area contributed by atoms with Crippen molar-refractivity contribution in [1.82, 2.24) is 9.78 Å². The van der Waals surface area contributed by atoms with E-state index < -0.39 is 6.10 Å². The Morgan fingerprint density at radius 3 is 2.58 bits per heavy atom. The second-order valence-corrected chi connectivity index (χ2v) is 4.53. The van der Waals surface area contributed by atoms with Gasteiger partial charge in [0.2, 0.25) is 0 Å². The summed E-state index contributed by atoms with van der Waals surface area (Å²) in [6, 6.07) is 7.51. The molecule has 1 heterocycles. The highest BCUT2D eigenvalue weighted by molar-refractivity contribution is 5.32. The minimum atomic E-state index is -0.402. The summed E-state index contributed by atoms with van der Waals surface area (Å²) in [5.74, 6) is 1.49. The number of aromatic nitrogens is 2. The molecule has 0 amide bonds. The highest BCUT2D eigenvalue weighted by Gasteiger charge is 2.05. The van der Waals surface area contributed by atoms with E-state index in [1.165, 1.54) is 0 Å². The number of hydrogen-bond donors (Lipinski definition) is 1. The van der Waals surface area contributed by atoms with Gasteiger partial charge in [-0.2, -0.15) is 5.10 Å². The Balaban J connectivity index is 2.02. The van der Waals surface area contributed by atoms with Gasteiger partial charge in [-0.3, -0.25) is 4.68 Å². The van der Waals surface area contributed by atoms with Crippen LogP contribution in [0.2, 0.25) is 0 Å². The van der Waals surface area contributed by atoms with Gasteiger partial charge in [-0.1, -0.05) is 26.0 Å². The summed E-state index contributed by atoms with van der Waals surface area (Å²) in [5.41, 5.74) is 0.913. The first-order valence-corrected chi connectivity index (χ1v) is 6.71. The molecule has 1 aromatic carbocycles. The zero-order valence-corrected chi connectivity index (χ0v) is 11.4. The summed E-state index contributed by atoms with van der Waals surface area (Å²) in [5, 5.41) is 13.9. The summed E-state index contributed by atoms with van der Waals surface area (Å²) in [6.45, 7) is 4.96. The number of aliphatic hydroxyl groups is 1. The molecule has 0 aliphatic heterocycles. The van der Waals surface area contributed by atoms with Crippen LogP contribution in [0.3, 0.4) is 0 Å². The predicted octanol–water partition coefficient (Wildman–Crippen LogP) is 3.53. The van der Waals surface area contributed by atoms with Gasteiger partial charge in [-0.25, -0.2) is 0 Å². The van der Waals surface area contributed by atoms with Crippen molar-refractivity contribution in [2.24, 2.45) is 0 Å². The highest BCUT2D eigenvalue weighted by atomic mass is 16.5. The van der Waals surface area contributed by atoms with E-state index in [1.54, 1.807) is 6.20 Å². The molecule has 19 heavy (non-hydrogen) atoms. The third-order valence-corrected chi connectivity index (χ3v) is 2.95. The second kappa shape index (κ2) is 6.38. The maximum absolute atomic E-state index is 9.72. The molecule has 102 valence electrons. The van der Waals surface area contributed by atoms with Crippen LogP contribution in [0.5, 0.6) is 11.5 Å². The van der Waals surface area contributed by atoms with Crippen molar-refractivity contribution in [2.75, 3.05) is 0 Å². The SMILES string of the molecule is CCCn1cc(Oc2ccc([C@H](O)CC)cc2)cn1. The molecule has 1 atom stereocenters. The van der Waals surface area contributed by atoms with Crippen molar-refractivity contribution in [3.05, 3.63) is 42.2 Å². The van der Waals surface area contributed by atoms with E-state index in [4.69, 9.17) is 4.74 Å². The average Bonchev–Trinajstić information content (AvgIpc) is 2.86. The van der Waals surface area contributed by atoms with Gasteiger partial charge < -0.3 is 9.84 Å². The molecule has 4 heteroatoms. The molecule has 0 radical (unpaired) electrons. The van der Waals surface area contributed by atoms with E-state index in [9.17, 15) is 5.11 Å². The summed E-state index contributed by atoms with van der Waals surface area (Å²) >= 11 is 0. The van der Waals surface area contributed by atoms with E-state index in [1.807, 2.05) is 42.1 Å². The molecule has 1 aromatic heterocycles. The lowest BCUT2D eigenvalue weighted by atomic mass is 10.1. The topological polar surface area (TPSA) is 47.3 Å². The Hall–Kier alpha value is -1.81. The third kappa shape index (κ3) is 3.58. The zero-order valence-electron chi connectivity index (χ0n) is 11.4. The molecule has 4 nitrogen and oxygen atoms in total. The molecular formula is C15H20N2O2. The molecule has 2 aromatic rings. The minimum Gasteiger partial charge on any atom is -0.454 e. The van der Waals surface area contributed by atoms with Gasteiger partial charge in [0.15, 0.2) is 5.75 Å². The minimum absolute atomic E-state index is 0.402. The first kappa shape index (κ1) is 13.6. The fourth-order valence-corrected chi connectivity index (χ4v) is 1.88. The van der Waals surface area contributed by atoms with Crippen LogP contribution in [-0.4, -0.2) is 14.9 Å². The molecule has 0 fully saturated rings. The molecule has 0 spiro atoms. The Kier molecular flexibility index (Phi) is 4.58. The smallest absolute Gasteiger partial charge is 0.165 e. The first-order valence-electron chi connectivity index (χ1n) is 6.71. The van der Waals surface area contributed by atoms with E-state index in [-0.39, 0.29) is 0 Å². The molecule has 0 aliphatic carbocycles. The monoisotopic (exact) mass is 260 g/mol. The number of benzene rings is 1. The van der Waals surface area contributed by atoms with Crippen LogP contribution < -0.4 is 4.74 Å². The Bertz CT molecular complexity index is 505. The average molecular weight is 260 g/mol. The lowest BCUT2D eigenvalue weighted by Gasteiger charge is -2.09. The van der Waals surface area contributed by atoms with E-state index in [0.717, 1.165) is 30.0 Å². The number of nitrogens with zero attached hydrogens (tertiary/aromatic N) is 2. The first-order chi connectivity index (χ1) is 9.22. The van der Waals surface area contributed by atoms with Gasteiger partial charge in [-0.05, 0) is 30.5 Å². The van der Waals surface area contributed by atoms with E-state index in [0.29, 0.717) is 6.42 Å². The predicted molar refractivity (Wildman–Crippen MR) is 74.3 cm³/mol. The van der Waals surface area contributed by atoms with Crippen LogP contribution in [-0.2, 0) is 6.54 Å². The van der Waals surface area contributed by atoms with Crippen LogP contribution in [0.15, 0.2) is 36.7 Å². The van der Waals surface area contributed by atoms with Gasteiger partial charge in [0.1, 0.15) is 5.75 Å². The Labute approximate surface area is 113 Å². The summed E-state index contributed by atoms with van der Waals surface area (Å²) < 4.78 is 7.57. The largest absolute Gasteiger partial charge is 0.454 e. The second-order valence-electron chi connectivity index (χ2n) is 4.53. The van der Waals surface area contributed by atoms with Gasteiger partial charge >= 0.3 is 0 Å². The van der Waals surface area contributed by atoms with Crippen molar-refractivity contribution in [2.45, 2.75) is 39.3 Å². The van der Waals surface area contributed by atoms with Gasteiger partial charge in [-0.15, -0.1) is 0 Å². The molecule has 0 saturated carbocycles. The summed E-state index contributed by atoms with van der Waals surface area (Å²) in [4.78, 5) is 0. The zero-order chi connectivity index (χ0) is 13.7. The van der Waals surface area contributed by atoms with Crippen LogP contribution in [0.25, 0.3) is 0 Å². The molecule has 0 saturated heterocycles. The maximum Gasteiger partial charge on any atom is 0.165 e. The van der Waals surface area contributed by atoms with Crippen molar-refractivity contribution < 1.29 is 9.84 Å². The quantitative estimate of drug-likeness (QED) is 0.864. The molecule has 0 unspecified atom stereocenters. The molecule has 0 bridgehead atoms. The Morgan fingerprint density at radius 2 is 1.95 bits per heavy atom. The van der Waals surface area contributed by atoms with Crippen LogP contribution in [0.4, 0.5) is 0 Å². The maximum atomic E-state index is 9.72. The normalized spacial score (nSPS) is 12.4. The van der Waals surface area contributed by atoms with Gasteiger partial charge in [0.25, 0.3) is 0 Å². The third-order valence-electron chi connectivity index (χ3n) is 2.95. The summed E-state index contributed by atoms with van der Waals surface area (Å²) in [6.07, 6.45) is 4.96. The van der Waals surface area contributed by atoms with Crippen molar-refractivity contribution in [3.8, 4) is 11.5 Å². The lowest BCUT2D eigenvalue weighted by Crippen LogP contribution is -1.95. The molecule has 1 N–H and O–H groups in total. The fraction of sp³-hybridized carbons (Fsp3) is 0.400. The fourth-order valence-electron chi connectivity index (χ4n) is 1.88. The van der Waals surface area contributed by atoms with Gasteiger partial charge in [0.05, 0.1) is 18.5 Å². The number of hydrogen-bond acceptors (Lipinski definition) is 3. The van der Waals surface area contributed by atoms with Gasteiger partial charge in [0, 0.05) is 6.54 Å². The molecular weight excluding hydrogens is 240 g/mol. The van der Waals surface area contributed by atoms with Crippen LogP contribution >= 0.6 is 0 Å². The number of rotatable bonds is 6. The van der Waals surface area contributed by atoms with Crippen molar-refractivity contribution in [1.29, 1.82) is 0 Å². The van der Waals surface area contributed by atoms with E-state index >= 15 is 0 Å². The number of ether oxygens (including phenoxy) is 1.